The van der Waals surface area contributed by atoms with E-state index in [2.05, 4.69) is 0 Å². The van der Waals surface area contributed by atoms with Crippen LogP contribution in [0.4, 0.5) is 5.69 Å². The Hall–Kier alpha value is -2.54. The fraction of sp³-hybridized carbons (Fsp3) is 0.316. The Morgan fingerprint density at radius 3 is 2.42 bits per heavy atom. The minimum absolute atomic E-state index is 0.0229. The summed E-state index contributed by atoms with van der Waals surface area (Å²) in [6.07, 6.45) is 0.638. The zero-order valence-electron chi connectivity index (χ0n) is 14.6. The number of hydrogen-bond acceptors (Lipinski definition) is 5. The molecule has 0 aromatic heterocycles. The van der Waals surface area contributed by atoms with Crippen molar-refractivity contribution in [3.8, 4) is 11.5 Å². The van der Waals surface area contributed by atoms with Crippen LogP contribution < -0.4 is 14.4 Å². The van der Waals surface area contributed by atoms with E-state index < -0.39 is 9.84 Å². The maximum atomic E-state index is 13.0. The summed E-state index contributed by atoms with van der Waals surface area (Å²) in [5.41, 5.74) is 1.65. The van der Waals surface area contributed by atoms with Gasteiger partial charge in [0, 0.05) is 24.7 Å². The molecule has 2 aliphatic heterocycles. The van der Waals surface area contributed by atoms with Crippen LogP contribution in [-0.2, 0) is 21.1 Å². The zero-order valence-corrected chi connectivity index (χ0v) is 15.4. The third-order valence-electron chi connectivity index (χ3n) is 4.74. The van der Waals surface area contributed by atoms with E-state index in [1.54, 1.807) is 29.2 Å². The van der Waals surface area contributed by atoms with E-state index in [1.807, 2.05) is 6.92 Å². The van der Waals surface area contributed by atoms with Crippen molar-refractivity contribution < 1.29 is 22.7 Å². The maximum absolute atomic E-state index is 13.0. The van der Waals surface area contributed by atoms with Crippen LogP contribution in [-0.4, -0.2) is 33.6 Å². The molecule has 0 fully saturated rings. The van der Waals surface area contributed by atoms with E-state index in [0.717, 1.165) is 11.3 Å². The first-order chi connectivity index (χ1) is 12.4. The molecule has 2 aromatic rings. The maximum Gasteiger partial charge on any atom is 0.224 e. The molecule has 0 saturated heterocycles. The molecule has 0 saturated carbocycles. The Morgan fingerprint density at radius 2 is 1.69 bits per heavy atom. The minimum Gasteiger partial charge on any atom is -0.486 e. The van der Waals surface area contributed by atoms with Crippen molar-refractivity contribution >= 4 is 21.4 Å². The van der Waals surface area contributed by atoms with E-state index in [9.17, 15) is 13.2 Å². The lowest BCUT2D eigenvalue weighted by atomic mass is 10.1. The first-order valence-corrected chi connectivity index (χ1v) is 9.94. The zero-order chi connectivity index (χ0) is 18.5. The fourth-order valence-electron chi connectivity index (χ4n) is 3.58. The van der Waals surface area contributed by atoms with Gasteiger partial charge in [-0.25, -0.2) is 8.42 Å². The molecule has 0 aliphatic carbocycles. The quantitative estimate of drug-likeness (QED) is 0.809. The van der Waals surface area contributed by atoms with Crippen molar-refractivity contribution in [3.63, 3.8) is 0 Å². The molecule has 136 valence electrons. The van der Waals surface area contributed by atoms with E-state index >= 15 is 0 Å². The number of nitrogens with zero attached hydrogens (tertiary/aromatic N) is 1. The van der Waals surface area contributed by atoms with Gasteiger partial charge in [-0.3, -0.25) is 4.79 Å². The lowest BCUT2D eigenvalue weighted by molar-refractivity contribution is -0.116. The summed E-state index contributed by atoms with van der Waals surface area (Å²) in [4.78, 5) is 13.9. The normalized spacial score (nSPS) is 18.5. The van der Waals surface area contributed by atoms with Gasteiger partial charge in [-0.05, 0) is 49.2 Å². The molecule has 6 nitrogen and oxygen atoms in total. The molecule has 0 N–H and O–H groups in total. The van der Waals surface area contributed by atoms with Crippen molar-refractivity contribution in [1.29, 1.82) is 0 Å². The topological polar surface area (TPSA) is 72.9 Å². The van der Waals surface area contributed by atoms with Gasteiger partial charge in [0.25, 0.3) is 0 Å². The molecule has 4 rings (SSSR count). The standard InChI is InChI=1S/C19H19NO5S/c1-12-9-14-10-15(3-5-17(14)20(12)13(2)21)26(22,23)16-4-6-18-19(11-16)25-8-7-24-18/h3-6,10-12H,7-9H2,1-2H3. The van der Waals surface area contributed by atoms with Gasteiger partial charge >= 0.3 is 0 Å². The Labute approximate surface area is 152 Å². The molecular formula is C19H19NO5S. The highest BCUT2D eigenvalue weighted by molar-refractivity contribution is 7.91. The fourth-order valence-corrected chi connectivity index (χ4v) is 4.91. The summed E-state index contributed by atoms with van der Waals surface area (Å²) < 4.78 is 37.0. The minimum atomic E-state index is -3.69. The third-order valence-corrected chi connectivity index (χ3v) is 6.49. The van der Waals surface area contributed by atoms with Gasteiger partial charge in [0.15, 0.2) is 11.5 Å². The number of anilines is 1. The first kappa shape index (κ1) is 16.9. The second-order valence-corrected chi connectivity index (χ2v) is 8.49. The van der Waals surface area contributed by atoms with Crippen LogP contribution in [0.25, 0.3) is 0 Å². The summed E-state index contributed by atoms with van der Waals surface area (Å²) in [7, 11) is -3.69. The summed E-state index contributed by atoms with van der Waals surface area (Å²) in [6, 6.07) is 9.61. The SMILES string of the molecule is CC(=O)N1c2ccc(S(=O)(=O)c3ccc4c(c3)OCCO4)cc2CC1C. The molecule has 1 amide bonds. The predicted molar refractivity (Wildman–Crippen MR) is 95.7 cm³/mol. The number of benzene rings is 2. The van der Waals surface area contributed by atoms with Crippen LogP contribution in [0.2, 0.25) is 0 Å². The molecule has 1 atom stereocenters. The van der Waals surface area contributed by atoms with E-state index in [-0.39, 0.29) is 21.7 Å². The van der Waals surface area contributed by atoms with E-state index in [1.165, 1.54) is 19.1 Å². The average Bonchev–Trinajstić information content (AvgIpc) is 2.96. The van der Waals surface area contributed by atoms with Crippen LogP contribution in [0.1, 0.15) is 19.4 Å². The van der Waals surface area contributed by atoms with Crippen LogP contribution in [0.15, 0.2) is 46.2 Å². The first-order valence-electron chi connectivity index (χ1n) is 8.45. The highest BCUT2D eigenvalue weighted by Gasteiger charge is 2.31. The number of carbonyl (C=O) groups excluding carboxylic acids is 1. The summed E-state index contributed by atoms with van der Waals surface area (Å²) in [6.45, 7) is 4.32. The van der Waals surface area contributed by atoms with Crippen molar-refractivity contribution in [2.45, 2.75) is 36.1 Å². The smallest absolute Gasteiger partial charge is 0.224 e. The summed E-state index contributed by atoms with van der Waals surface area (Å²) >= 11 is 0. The molecule has 0 bridgehead atoms. The van der Waals surface area contributed by atoms with Crippen molar-refractivity contribution in [1.82, 2.24) is 0 Å². The van der Waals surface area contributed by atoms with Gasteiger partial charge in [-0.2, -0.15) is 0 Å². The highest BCUT2D eigenvalue weighted by atomic mass is 32.2. The van der Waals surface area contributed by atoms with Gasteiger partial charge in [0.1, 0.15) is 13.2 Å². The molecule has 2 aromatic carbocycles. The second-order valence-electron chi connectivity index (χ2n) is 6.54. The lowest BCUT2D eigenvalue weighted by Crippen LogP contribution is -2.33. The largest absolute Gasteiger partial charge is 0.486 e. The monoisotopic (exact) mass is 373 g/mol. The van der Waals surface area contributed by atoms with Crippen LogP contribution in [0.3, 0.4) is 0 Å². The number of ether oxygens (including phenoxy) is 2. The molecule has 26 heavy (non-hydrogen) atoms. The van der Waals surface area contributed by atoms with Gasteiger partial charge in [0.05, 0.1) is 9.79 Å². The van der Waals surface area contributed by atoms with E-state index in [0.29, 0.717) is 31.1 Å². The lowest BCUT2D eigenvalue weighted by Gasteiger charge is -2.20. The van der Waals surface area contributed by atoms with Crippen LogP contribution >= 0.6 is 0 Å². The van der Waals surface area contributed by atoms with E-state index in [4.69, 9.17) is 9.47 Å². The highest BCUT2D eigenvalue weighted by Crippen LogP contribution is 2.37. The van der Waals surface area contributed by atoms with Crippen LogP contribution in [0, 0.1) is 0 Å². The molecule has 2 aliphatic rings. The molecule has 2 heterocycles. The van der Waals surface area contributed by atoms with Gasteiger partial charge in [0.2, 0.25) is 15.7 Å². The Bertz CT molecular complexity index is 999. The Morgan fingerprint density at radius 1 is 1.04 bits per heavy atom. The number of fused-ring (bicyclic) bond motifs is 2. The molecule has 0 radical (unpaired) electrons. The molecule has 0 spiro atoms. The van der Waals surface area contributed by atoms with Crippen molar-refractivity contribution in [2.75, 3.05) is 18.1 Å². The Balaban J connectivity index is 1.74. The number of hydrogen-bond donors (Lipinski definition) is 0. The van der Waals surface area contributed by atoms with Gasteiger partial charge in [-0.15, -0.1) is 0 Å². The molecule has 1 unspecified atom stereocenters. The van der Waals surface area contributed by atoms with Gasteiger partial charge < -0.3 is 14.4 Å². The number of rotatable bonds is 2. The third kappa shape index (κ3) is 2.63. The molecular weight excluding hydrogens is 354 g/mol. The number of carbonyl (C=O) groups is 1. The van der Waals surface area contributed by atoms with Crippen LogP contribution in [0.5, 0.6) is 11.5 Å². The number of sulfone groups is 1. The van der Waals surface area contributed by atoms with Crippen molar-refractivity contribution in [3.05, 3.63) is 42.0 Å². The second kappa shape index (κ2) is 6.02. The number of amides is 1. The Kier molecular flexibility index (Phi) is 3.91. The summed E-state index contributed by atoms with van der Waals surface area (Å²) in [5, 5.41) is 0. The van der Waals surface area contributed by atoms with Crippen molar-refractivity contribution in [2.24, 2.45) is 0 Å². The predicted octanol–water partition coefficient (Wildman–Crippen LogP) is 2.59. The van der Waals surface area contributed by atoms with Gasteiger partial charge in [-0.1, -0.05) is 0 Å². The summed E-state index contributed by atoms with van der Waals surface area (Å²) in [5.74, 6) is 0.948. The molecule has 7 heteroatoms. The average molecular weight is 373 g/mol.